The zero-order valence-electron chi connectivity index (χ0n) is 16.5. The van der Waals surface area contributed by atoms with Crippen molar-refractivity contribution < 1.29 is 23.4 Å². The van der Waals surface area contributed by atoms with Gasteiger partial charge in [0.2, 0.25) is 0 Å². The first-order valence-electron chi connectivity index (χ1n) is 9.48. The number of fused-ring (bicyclic) bond motifs is 1. The Balaban J connectivity index is 1.64. The number of carboxylic acid groups (broad SMARTS) is 1. The maximum atomic E-state index is 13.8. The van der Waals surface area contributed by atoms with E-state index in [1.54, 1.807) is 30.3 Å². The van der Waals surface area contributed by atoms with Crippen molar-refractivity contribution in [2.24, 2.45) is 0 Å². The molecule has 0 fully saturated rings. The Morgan fingerprint density at radius 3 is 2.39 bits per heavy atom. The summed E-state index contributed by atoms with van der Waals surface area (Å²) in [5.74, 6) is -0.627. The molecule has 1 N–H and O–H groups in total. The summed E-state index contributed by atoms with van der Waals surface area (Å²) in [5, 5.41) is 9.26. The number of rotatable bonds is 5. The number of ether oxygens (including phenoxy) is 1. The summed E-state index contributed by atoms with van der Waals surface area (Å²) in [5.41, 5.74) is 4.62. The number of hydrogen-bond donors (Lipinski definition) is 1. The lowest BCUT2D eigenvalue weighted by Gasteiger charge is -2.08. The molecule has 6 heteroatoms. The van der Waals surface area contributed by atoms with Gasteiger partial charge in [-0.1, -0.05) is 18.2 Å². The Kier molecular flexibility index (Phi) is 5.74. The summed E-state index contributed by atoms with van der Waals surface area (Å²) >= 11 is 3.14. The molecule has 4 rings (SSSR count). The van der Waals surface area contributed by atoms with Crippen molar-refractivity contribution in [2.45, 2.75) is 13.3 Å². The summed E-state index contributed by atoms with van der Waals surface area (Å²) in [6.45, 7) is 1.85. The van der Waals surface area contributed by atoms with Crippen molar-refractivity contribution in [1.82, 2.24) is 0 Å². The number of hydrogen-bond acceptors (Lipinski definition) is 2. The first kappa shape index (κ1) is 21.0. The molecule has 0 atom stereocenters. The molecule has 1 aliphatic rings. The van der Waals surface area contributed by atoms with Gasteiger partial charge in [-0.3, -0.25) is 4.79 Å². The highest BCUT2D eigenvalue weighted by atomic mass is 79.9. The first-order chi connectivity index (χ1) is 14.8. The standard InChI is InChI=1S/C25H17BrF2O3/c1-14-20(19-8-4-16(27)11-22(19)21(14)13-25(29)30)10-15-2-5-17(6-3-15)31-18-7-9-24(28)23(26)12-18/h2-12H,13H2,1H3,(H,29,30)/b20-10-. The molecule has 0 radical (unpaired) electrons. The minimum Gasteiger partial charge on any atom is -0.481 e. The summed E-state index contributed by atoms with van der Waals surface area (Å²) < 4.78 is 33.3. The van der Waals surface area contributed by atoms with E-state index < -0.39 is 11.8 Å². The van der Waals surface area contributed by atoms with E-state index in [4.69, 9.17) is 4.74 Å². The molecule has 1 aliphatic carbocycles. The van der Waals surface area contributed by atoms with E-state index in [2.05, 4.69) is 15.9 Å². The highest BCUT2D eigenvalue weighted by Crippen LogP contribution is 2.43. The molecule has 3 aromatic rings. The largest absolute Gasteiger partial charge is 0.481 e. The average molecular weight is 483 g/mol. The number of allylic oxidation sites excluding steroid dienone is 2. The van der Waals surface area contributed by atoms with E-state index >= 15 is 0 Å². The molecule has 0 heterocycles. The van der Waals surface area contributed by atoms with Gasteiger partial charge in [-0.2, -0.15) is 0 Å². The number of halogens is 3. The molecule has 0 spiro atoms. The number of carbonyl (C=O) groups is 1. The van der Waals surface area contributed by atoms with Gasteiger partial charge in [0.1, 0.15) is 23.1 Å². The summed E-state index contributed by atoms with van der Waals surface area (Å²) in [7, 11) is 0. The zero-order valence-corrected chi connectivity index (χ0v) is 18.0. The van der Waals surface area contributed by atoms with Crippen LogP contribution in [0.25, 0.3) is 17.2 Å². The molecule has 31 heavy (non-hydrogen) atoms. The second-order valence-electron chi connectivity index (χ2n) is 7.17. The molecule has 0 saturated carbocycles. The average Bonchev–Trinajstić information content (AvgIpc) is 2.97. The molecule has 0 aliphatic heterocycles. The minimum atomic E-state index is -0.959. The molecule has 156 valence electrons. The van der Waals surface area contributed by atoms with Gasteiger partial charge in [-0.05, 0) is 105 Å². The van der Waals surface area contributed by atoms with Crippen LogP contribution < -0.4 is 4.74 Å². The van der Waals surface area contributed by atoms with Crippen LogP contribution in [0.5, 0.6) is 11.5 Å². The summed E-state index contributed by atoms with van der Waals surface area (Å²) in [4.78, 5) is 11.3. The fourth-order valence-corrected chi connectivity index (χ4v) is 3.97. The van der Waals surface area contributed by atoms with Crippen LogP contribution in [-0.2, 0) is 4.79 Å². The third kappa shape index (κ3) is 4.44. The Morgan fingerprint density at radius 1 is 1.00 bits per heavy atom. The predicted octanol–water partition coefficient (Wildman–Crippen LogP) is 7.32. The van der Waals surface area contributed by atoms with Crippen LogP contribution in [0.4, 0.5) is 8.78 Å². The lowest BCUT2D eigenvalue weighted by molar-refractivity contribution is -0.135. The highest BCUT2D eigenvalue weighted by Gasteiger charge is 2.25. The van der Waals surface area contributed by atoms with E-state index in [0.717, 1.165) is 22.3 Å². The van der Waals surface area contributed by atoms with Gasteiger partial charge < -0.3 is 9.84 Å². The summed E-state index contributed by atoms with van der Waals surface area (Å²) in [6, 6.07) is 16.2. The van der Waals surface area contributed by atoms with Crippen molar-refractivity contribution in [3.05, 3.63) is 99.0 Å². The van der Waals surface area contributed by atoms with Crippen molar-refractivity contribution >= 4 is 39.1 Å². The third-order valence-electron chi connectivity index (χ3n) is 5.10. The van der Waals surface area contributed by atoms with E-state index in [9.17, 15) is 18.7 Å². The van der Waals surface area contributed by atoms with Crippen molar-refractivity contribution in [2.75, 3.05) is 0 Å². The Hall–Kier alpha value is -3.25. The minimum absolute atomic E-state index is 0.167. The Bertz CT molecular complexity index is 1240. The predicted molar refractivity (Wildman–Crippen MR) is 120 cm³/mol. The second-order valence-corrected chi connectivity index (χ2v) is 8.02. The topological polar surface area (TPSA) is 46.5 Å². The molecule has 3 nitrogen and oxygen atoms in total. The van der Waals surface area contributed by atoms with Crippen LogP contribution in [0.15, 0.2) is 70.7 Å². The Labute approximate surface area is 186 Å². The van der Waals surface area contributed by atoms with Crippen LogP contribution in [-0.4, -0.2) is 11.1 Å². The van der Waals surface area contributed by atoms with Gasteiger partial charge in [-0.15, -0.1) is 0 Å². The molecular weight excluding hydrogens is 466 g/mol. The van der Waals surface area contributed by atoms with Crippen LogP contribution in [0.2, 0.25) is 0 Å². The van der Waals surface area contributed by atoms with E-state index in [0.29, 0.717) is 27.1 Å². The Morgan fingerprint density at radius 2 is 1.71 bits per heavy atom. The lowest BCUT2D eigenvalue weighted by Crippen LogP contribution is -1.97. The zero-order chi connectivity index (χ0) is 22.1. The molecule has 0 unspecified atom stereocenters. The van der Waals surface area contributed by atoms with Crippen molar-refractivity contribution in [3.8, 4) is 11.5 Å². The quantitative estimate of drug-likeness (QED) is 0.414. The summed E-state index contributed by atoms with van der Waals surface area (Å²) in [6.07, 6.45) is 1.78. The molecule has 0 aromatic heterocycles. The third-order valence-corrected chi connectivity index (χ3v) is 5.71. The SMILES string of the molecule is CC1=C(CC(=O)O)c2cc(F)ccc2/C1=C\c1ccc(Oc2ccc(F)c(Br)c2)cc1. The molecule has 0 saturated heterocycles. The second kappa shape index (κ2) is 8.47. The smallest absolute Gasteiger partial charge is 0.307 e. The van der Waals surface area contributed by atoms with Gasteiger partial charge in [0, 0.05) is 0 Å². The van der Waals surface area contributed by atoms with Crippen LogP contribution in [0.1, 0.15) is 30.0 Å². The van der Waals surface area contributed by atoms with Gasteiger partial charge >= 0.3 is 5.97 Å². The van der Waals surface area contributed by atoms with E-state index in [1.165, 1.54) is 18.2 Å². The van der Waals surface area contributed by atoms with E-state index in [1.807, 2.05) is 25.1 Å². The molecule has 3 aromatic carbocycles. The fourth-order valence-electron chi connectivity index (χ4n) is 3.61. The molecular formula is C25H17BrF2O3. The fraction of sp³-hybridized carbons (Fsp3) is 0.0800. The van der Waals surface area contributed by atoms with Crippen LogP contribution in [0, 0.1) is 11.6 Å². The van der Waals surface area contributed by atoms with Gasteiger partial charge in [-0.25, -0.2) is 8.78 Å². The van der Waals surface area contributed by atoms with Gasteiger partial charge in [0.15, 0.2) is 0 Å². The number of benzene rings is 3. The van der Waals surface area contributed by atoms with Crippen LogP contribution in [0.3, 0.4) is 0 Å². The number of carboxylic acids is 1. The van der Waals surface area contributed by atoms with Gasteiger partial charge in [0.25, 0.3) is 0 Å². The normalized spacial score (nSPS) is 14.1. The van der Waals surface area contributed by atoms with E-state index in [-0.39, 0.29) is 12.2 Å². The first-order valence-corrected chi connectivity index (χ1v) is 10.3. The van der Waals surface area contributed by atoms with Gasteiger partial charge in [0.05, 0.1) is 10.9 Å². The maximum absolute atomic E-state index is 13.8. The monoisotopic (exact) mass is 482 g/mol. The van der Waals surface area contributed by atoms with Crippen molar-refractivity contribution in [3.63, 3.8) is 0 Å². The van der Waals surface area contributed by atoms with Crippen LogP contribution >= 0.6 is 15.9 Å². The molecule has 0 amide bonds. The van der Waals surface area contributed by atoms with Crippen molar-refractivity contribution in [1.29, 1.82) is 0 Å². The number of aliphatic carboxylic acids is 1. The maximum Gasteiger partial charge on any atom is 0.307 e. The molecule has 0 bridgehead atoms. The lowest BCUT2D eigenvalue weighted by atomic mass is 10.0. The highest BCUT2D eigenvalue weighted by molar-refractivity contribution is 9.10.